The summed E-state index contributed by atoms with van der Waals surface area (Å²) in [5.41, 5.74) is 3.40. The Morgan fingerprint density at radius 1 is 1.20 bits per heavy atom. The Morgan fingerprint density at radius 3 is 2.80 bits per heavy atom. The van der Waals surface area contributed by atoms with Crippen molar-refractivity contribution < 1.29 is 4.74 Å². The molecular weight excluding hydrogens is 270 g/mol. The molecule has 0 saturated heterocycles. The summed E-state index contributed by atoms with van der Waals surface area (Å²) >= 11 is 5.99. The van der Waals surface area contributed by atoms with Gasteiger partial charge in [-0.3, -0.25) is 0 Å². The lowest BCUT2D eigenvalue weighted by Crippen LogP contribution is -2.25. The van der Waals surface area contributed by atoms with Crippen LogP contribution >= 0.6 is 11.6 Å². The molecule has 3 rings (SSSR count). The van der Waals surface area contributed by atoms with Crippen LogP contribution in [0.2, 0.25) is 5.02 Å². The van der Waals surface area contributed by atoms with Crippen molar-refractivity contribution in [2.75, 3.05) is 5.32 Å². The molecule has 2 aromatic carbocycles. The molecule has 2 aromatic rings. The standard InChI is InChI=1S/C17H18ClNO/c1-17(2)10-12-5-3-6-13(16(12)20-17)11-19-15-8-4-7-14(18)9-15/h3-9,19H,10-11H2,1-2H3. The number of fused-ring (bicyclic) bond motifs is 1. The van der Waals surface area contributed by atoms with E-state index in [0.717, 1.165) is 29.4 Å². The summed E-state index contributed by atoms with van der Waals surface area (Å²) in [7, 11) is 0. The zero-order valence-electron chi connectivity index (χ0n) is 11.7. The van der Waals surface area contributed by atoms with Crippen LogP contribution in [0.1, 0.15) is 25.0 Å². The Hall–Kier alpha value is -1.67. The van der Waals surface area contributed by atoms with Gasteiger partial charge in [-0.15, -0.1) is 0 Å². The highest BCUT2D eigenvalue weighted by molar-refractivity contribution is 6.30. The summed E-state index contributed by atoms with van der Waals surface area (Å²) < 4.78 is 6.07. The summed E-state index contributed by atoms with van der Waals surface area (Å²) in [6.45, 7) is 4.99. The van der Waals surface area contributed by atoms with Gasteiger partial charge in [0.15, 0.2) is 0 Å². The SMILES string of the molecule is CC1(C)Cc2cccc(CNc3cccc(Cl)c3)c2O1. The number of para-hydroxylation sites is 1. The van der Waals surface area contributed by atoms with E-state index in [9.17, 15) is 0 Å². The molecule has 0 aromatic heterocycles. The fourth-order valence-corrected chi connectivity index (χ4v) is 2.80. The van der Waals surface area contributed by atoms with Crippen molar-refractivity contribution in [3.63, 3.8) is 0 Å². The van der Waals surface area contributed by atoms with Gasteiger partial charge in [0.1, 0.15) is 11.4 Å². The number of rotatable bonds is 3. The van der Waals surface area contributed by atoms with Crippen LogP contribution in [0.4, 0.5) is 5.69 Å². The van der Waals surface area contributed by atoms with Crippen LogP contribution in [0.25, 0.3) is 0 Å². The van der Waals surface area contributed by atoms with Crippen molar-refractivity contribution in [2.45, 2.75) is 32.4 Å². The van der Waals surface area contributed by atoms with E-state index in [1.54, 1.807) is 0 Å². The molecule has 0 saturated carbocycles. The molecule has 0 spiro atoms. The monoisotopic (exact) mass is 287 g/mol. The van der Waals surface area contributed by atoms with Crippen LogP contribution < -0.4 is 10.1 Å². The smallest absolute Gasteiger partial charge is 0.128 e. The van der Waals surface area contributed by atoms with Gasteiger partial charge in [0.2, 0.25) is 0 Å². The van der Waals surface area contributed by atoms with Crippen molar-refractivity contribution in [1.82, 2.24) is 0 Å². The summed E-state index contributed by atoms with van der Waals surface area (Å²) in [6.07, 6.45) is 0.966. The molecule has 104 valence electrons. The lowest BCUT2D eigenvalue weighted by molar-refractivity contribution is 0.137. The highest BCUT2D eigenvalue weighted by Gasteiger charge is 2.31. The molecule has 0 atom stereocenters. The minimum Gasteiger partial charge on any atom is -0.487 e. The molecular formula is C17H18ClNO. The quantitative estimate of drug-likeness (QED) is 0.886. The highest BCUT2D eigenvalue weighted by Crippen LogP contribution is 2.37. The molecule has 20 heavy (non-hydrogen) atoms. The Bertz CT molecular complexity index is 637. The van der Waals surface area contributed by atoms with Crippen LogP contribution in [0.5, 0.6) is 5.75 Å². The third-order valence-corrected chi connectivity index (χ3v) is 3.72. The molecule has 0 unspecified atom stereocenters. The van der Waals surface area contributed by atoms with Gasteiger partial charge in [0.05, 0.1) is 0 Å². The van der Waals surface area contributed by atoms with E-state index in [0.29, 0.717) is 0 Å². The minimum atomic E-state index is -0.103. The maximum absolute atomic E-state index is 6.07. The summed E-state index contributed by atoms with van der Waals surface area (Å²) in [4.78, 5) is 0. The molecule has 0 radical (unpaired) electrons. The van der Waals surface area contributed by atoms with Crippen molar-refractivity contribution >= 4 is 17.3 Å². The average Bonchev–Trinajstić information content (AvgIpc) is 2.71. The fraction of sp³-hybridized carbons (Fsp3) is 0.294. The third-order valence-electron chi connectivity index (χ3n) is 3.48. The number of halogens is 1. The summed E-state index contributed by atoms with van der Waals surface area (Å²) in [6, 6.07) is 14.1. The number of ether oxygens (including phenoxy) is 1. The Labute approximate surface area is 124 Å². The normalized spacial score (nSPS) is 15.6. The topological polar surface area (TPSA) is 21.3 Å². The molecule has 1 heterocycles. The first-order valence-corrected chi connectivity index (χ1v) is 7.20. The van der Waals surface area contributed by atoms with Crippen LogP contribution in [0, 0.1) is 0 Å². The van der Waals surface area contributed by atoms with Crippen LogP contribution in [-0.4, -0.2) is 5.60 Å². The maximum atomic E-state index is 6.07. The van der Waals surface area contributed by atoms with Crippen molar-refractivity contribution in [3.8, 4) is 5.75 Å². The van der Waals surface area contributed by atoms with Crippen LogP contribution in [0.3, 0.4) is 0 Å². The number of hydrogen-bond donors (Lipinski definition) is 1. The number of benzene rings is 2. The van der Waals surface area contributed by atoms with Gasteiger partial charge in [0.25, 0.3) is 0 Å². The molecule has 1 aliphatic rings. The second-order valence-corrected chi connectivity index (χ2v) is 6.24. The lowest BCUT2D eigenvalue weighted by atomic mass is 10.0. The summed E-state index contributed by atoms with van der Waals surface area (Å²) in [5.74, 6) is 1.03. The molecule has 1 N–H and O–H groups in total. The maximum Gasteiger partial charge on any atom is 0.128 e. The van der Waals surface area contributed by atoms with Gasteiger partial charge in [-0.05, 0) is 37.6 Å². The Morgan fingerprint density at radius 2 is 2.00 bits per heavy atom. The van der Waals surface area contributed by atoms with Gasteiger partial charge in [-0.25, -0.2) is 0 Å². The van der Waals surface area contributed by atoms with Gasteiger partial charge in [0, 0.05) is 29.2 Å². The van der Waals surface area contributed by atoms with E-state index in [-0.39, 0.29) is 5.60 Å². The molecule has 0 aliphatic carbocycles. The van der Waals surface area contributed by atoms with E-state index < -0.39 is 0 Å². The predicted molar refractivity (Wildman–Crippen MR) is 83.6 cm³/mol. The Kier molecular flexibility index (Phi) is 3.35. The molecule has 3 heteroatoms. The van der Waals surface area contributed by atoms with E-state index in [4.69, 9.17) is 16.3 Å². The Balaban J connectivity index is 1.78. The largest absolute Gasteiger partial charge is 0.487 e. The minimum absolute atomic E-state index is 0.103. The number of hydrogen-bond acceptors (Lipinski definition) is 2. The van der Waals surface area contributed by atoms with Gasteiger partial charge in [-0.2, -0.15) is 0 Å². The predicted octanol–water partition coefficient (Wildman–Crippen LogP) is 4.67. The number of nitrogens with one attached hydrogen (secondary N) is 1. The first-order chi connectivity index (χ1) is 9.53. The van der Waals surface area contributed by atoms with Gasteiger partial charge < -0.3 is 10.1 Å². The van der Waals surface area contributed by atoms with E-state index in [1.165, 1.54) is 11.1 Å². The zero-order valence-corrected chi connectivity index (χ0v) is 12.5. The van der Waals surface area contributed by atoms with Gasteiger partial charge in [-0.1, -0.05) is 35.9 Å². The highest BCUT2D eigenvalue weighted by atomic mass is 35.5. The van der Waals surface area contributed by atoms with E-state index >= 15 is 0 Å². The zero-order chi connectivity index (χ0) is 14.2. The number of anilines is 1. The van der Waals surface area contributed by atoms with Crippen LogP contribution in [-0.2, 0) is 13.0 Å². The lowest BCUT2D eigenvalue weighted by Gasteiger charge is -2.18. The second-order valence-electron chi connectivity index (χ2n) is 5.81. The second kappa shape index (κ2) is 5.02. The molecule has 0 amide bonds. The van der Waals surface area contributed by atoms with Crippen LogP contribution in [0.15, 0.2) is 42.5 Å². The third kappa shape index (κ3) is 2.75. The molecule has 1 aliphatic heterocycles. The van der Waals surface area contributed by atoms with Crippen molar-refractivity contribution in [1.29, 1.82) is 0 Å². The summed E-state index contributed by atoms with van der Waals surface area (Å²) in [5, 5.41) is 4.14. The molecule has 0 fully saturated rings. The first kappa shape index (κ1) is 13.3. The average molecular weight is 288 g/mol. The van der Waals surface area contributed by atoms with Gasteiger partial charge >= 0.3 is 0 Å². The molecule has 0 bridgehead atoms. The fourth-order valence-electron chi connectivity index (χ4n) is 2.61. The first-order valence-electron chi connectivity index (χ1n) is 6.83. The van der Waals surface area contributed by atoms with Crippen molar-refractivity contribution in [2.24, 2.45) is 0 Å². The van der Waals surface area contributed by atoms with E-state index in [1.807, 2.05) is 24.3 Å². The molecule has 2 nitrogen and oxygen atoms in total. The van der Waals surface area contributed by atoms with E-state index in [2.05, 4.69) is 37.4 Å². The van der Waals surface area contributed by atoms with Crippen molar-refractivity contribution in [3.05, 3.63) is 58.6 Å².